The highest BCUT2D eigenvalue weighted by Crippen LogP contribution is 2.31. The third-order valence-electron chi connectivity index (χ3n) is 4.44. The molecule has 0 atom stereocenters. The maximum atomic E-state index is 3.59. The van der Waals surface area contributed by atoms with E-state index in [1.54, 1.807) is 5.56 Å². The summed E-state index contributed by atoms with van der Waals surface area (Å²) in [6, 6.07) is 6.84. The largest absolute Gasteiger partial charge is 0.358 e. The SMILES string of the molecule is CNC(C)(C)c1ccc2[nH]c3c(c2c1)CCCC3. The standard InChI is InChI=1S/C16H22N2/c1-16(2,17-3)11-8-9-15-13(10-11)12-6-4-5-7-14(12)18-15/h8-10,17-18H,4-7H2,1-3H3. The van der Waals surface area contributed by atoms with Crippen LogP contribution >= 0.6 is 0 Å². The van der Waals surface area contributed by atoms with Crippen molar-refractivity contribution in [1.29, 1.82) is 0 Å². The van der Waals surface area contributed by atoms with Crippen LogP contribution in [0.1, 0.15) is 43.5 Å². The van der Waals surface area contributed by atoms with Gasteiger partial charge in [-0.05, 0) is 69.8 Å². The van der Waals surface area contributed by atoms with Crippen LogP contribution in [-0.2, 0) is 18.4 Å². The fraction of sp³-hybridized carbons (Fsp3) is 0.500. The number of fused-ring (bicyclic) bond motifs is 3. The first-order valence-electron chi connectivity index (χ1n) is 6.95. The summed E-state index contributed by atoms with van der Waals surface area (Å²) in [5.41, 5.74) is 5.73. The number of nitrogens with one attached hydrogen (secondary N) is 2. The topological polar surface area (TPSA) is 27.8 Å². The average Bonchev–Trinajstić information content (AvgIpc) is 2.76. The summed E-state index contributed by atoms with van der Waals surface area (Å²) in [5.74, 6) is 0. The van der Waals surface area contributed by atoms with Gasteiger partial charge < -0.3 is 10.3 Å². The molecule has 0 radical (unpaired) electrons. The maximum Gasteiger partial charge on any atom is 0.0459 e. The molecule has 96 valence electrons. The predicted molar refractivity (Wildman–Crippen MR) is 77.0 cm³/mol. The van der Waals surface area contributed by atoms with E-state index in [2.05, 4.69) is 42.3 Å². The van der Waals surface area contributed by atoms with E-state index in [1.807, 2.05) is 7.05 Å². The fourth-order valence-electron chi connectivity index (χ4n) is 2.94. The first kappa shape index (κ1) is 11.8. The van der Waals surface area contributed by atoms with E-state index >= 15 is 0 Å². The van der Waals surface area contributed by atoms with Crippen molar-refractivity contribution in [3.05, 3.63) is 35.0 Å². The Hall–Kier alpha value is -1.28. The number of aromatic nitrogens is 1. The quantitative estimate of drug-likeness (QED) is 0.828. The van der Waals surface area contributed by atoms with Gasteiger partial charge in [0, 0.05) is 22.1 Å². The molecule has 0 unspecified atom stereocenters. The third kappa shape index (κ3) is 1.76. The van der Waals surface area contributed by atoms with Crippen molar-refractivity contribution in [2.75, 3.05) is 7.05 Å². The zero-order chi connectivity index (χ0) is 12.8. The van der Waals surface area contributed by atoms with Gasteiger partial charge in [0.05, 0.1) is 0 Å². The number of hydrogen-bond acceptors (Lipinski definition) is 1. The molecule has 0 aliphatic heterocycles. The molecule has 2 N–H and O–H groups in total. The van der Waals surface area contributed by atoms with Crippen LogP contribution in [0.25, 0.3) is 10.9 Å². The van der Waals surface area contributed by atoms with Crippen molar-refractivity contribution in [1.82, 2.24) is 10.3 Å². The monoisotopic (exact) mass is 242 g/mol. The summed E-state index contributed by atoms with van der Waals surface area (Å²) in [5, 5.41) is 4.82. The zero-order valence-electron chi connectivity index (χ0n) is 11.6. The van der Waals surface area contributed by atoms with Crippen LogP contribution in [0.5, 0.6) is 0 Å². The van der Waals surface area contributed by atoms with E-state index in [4.69, 9.17) is 0 Å². The minimum atomic E-state index is 0.0347. The number of benzene rings is 1. The van der Waals surface area contributed by atoms with Gasteiger partial charge in [0.25, 0.3) is 0 Å². The van der Waals surface area contributed by atoms with E-state index in [1.165, 1.54) is 47.8 Å². The van der Waals surface area contributed by atoms with Crippen molar-refractivity contribution in [2.24, 2.45) is 0 Å². The Morgan fingerprint density at radius 3 is 2.72 bits per heavy atom. The Kier molecular flexibility index (Phi) is 2.70. The summed E-state index contributed by atoms with van der Waals surface area (Å²) in [6.45, 7) is 4.46. The first-order chi connectivity index (χ1) is 8.62. The first-order valence-corrected chi connectivity index (χ1v) is 6.95. The Bertz CT molecular complexity index is 578. The van der Waals surface area contributed by atoms with Crippen molar-refractivity contribution >= 4 is 10.9 Å². The highest BCUT2D eigenvalue weighted by Gasteiger charge is 2.20. The second-order valence-electron chi connectivity index (χ2n) is 5.92. The lowest BCUT2D eigenvalue weighted by Crippen LogP contribution is -2.32. The second kappa shape index (κ2) is 4.13. The molecule has 2 aromatic rings. The van der Waals surface area contributed by atoms with Gasteiger partial charge >= 0.3 is 0 Å². The van der Waals surface area contributed by atoms with Gasteiger partial charge in [-0.15, -0.1) is 0 Å². The smallest absolute Gasteiger partial charge is 0.0459 e. The molecule has 3 rings (SSSR count). The molecule has 1 aromatic heterocycles. The second-order valence-corrected chi connectivity index (χ2v) is 5.92. The molecule has 1 heterocycles. The minimum Gasteiger partial charge on any atom is -0.358 e. The van der Waals surface area contributed by atoms with Gasteiger partial charge in [-0.2, -0.15) is 0 Å². The van der Waals surface area contributed by atoms with Gasteiger partial charge in [0.1, 0.15) is 0 Å². The van der Waals surface area contributed by atoms with Crippen LogP contribution in [0.2, 0.25) is 0 Å². The maximum absolute atomic E-state index is 3.59. The number of aryl methyl sites for hydroxylation is 2. The van der Waals surface area contributed by atoms with Gasteiger partial charge in [-0.1, -0.05) is 6.07 Å². The van der Waals surface area contributed by atoms with E-state index in [0.717, 1.165) is 0 Å². The summed E-state index contributed by atoms with van der Waals surface area (Å²) in [6.07, 6.45) is 5.11. The van der Waals surface area contributed by atoms with Crippen molar-refractivity contribution in [3.8, 4) is 0 Å². The van der Waals surface area contributed by atoms with E-state index < -0.39 is 0 Å². The number of H-pyrrole nitrogens is 1. The van der Waals surface area contributed by atoms with E-state index in [9.17, 15) is 0 Å². The lowest BCUT2D eigenvalue weighted by molar-refractivity contribution is 0.445. The van der Waals surface area contributed by atoms with Crippen molar-refractivity contribution < 1.29 is 0 Å². The summed E-state index contributed by atoms with van der Waals surface area (Å²) in [7, 11) is 2.02. The van der Waals surface area contributed by atoms with Crippen LogP contribution in [0.3, 0.4) is 0 Å². The molecular formula is C16H22N2. The normalized spacial score (nSPS) is 15.9. The third-order valence-corrected chi connectivity index (χ3v) is 4.44. The van der Waals surface area contributed by atoms with E-state index in [0.29, 0.717) is 0 Å². The van der Waals surface area contributed by atoms with Crippen molar-refractivity contribution in [2.45, 2.75) is 45.1 Å². The lowest BCUT2D eigenvalue weighted by Gasteiger charge is -2.24. The minimum absolute atomic E-state index is 0.0347. The summed E-state index contributed by atoms with van der Waals surface area (Å²) in [4.78, 5) is 3.59. The van der Waals surface area contributed by atoms with Crippen LogP contribution in [0.15, 0.2) is 18.2 Å². The molecule has 18 heavy (non-hydrogen) atoms. The molecule has 0 spiro atoms. The Labute approximate surface area is 109 Å². The molecule has 2 heteroatoms. The molecule has 1 aromatic carbocycles. The molecule has 1 aliphatic rings. The fourth-order valence-corrected chi connectivity index (χ4v) is 2.94. The average molecular weight is 242 g/mol. The summed E-state index contributed by atoms with van der Waals surface area (Å²) >= 11 is 0. The molecule has 0 amide bonds. The Balaban J connectivity index is 2.16. The van der Waals surface area contributed by atoms with Crippen molar-refractivity contribution in [3.63, 3.8) is 0 Å². The summed E-state index contributed by atoms with van der Waals surface area (Å²) < 4.78 is 0. The van der Waals surface area contributed by atoms with Gasteiger partial charge in [-0.3, -0.25) is 0 Å². The van der Waals surface area contributed by atoms with Gasteiger partial charge in [0.15, 0.2) is 0 Å². The van der Waals surface area contributed by atoms with Gasteiger partial charge in [0.2, 0.25) is 0 Å². The highest BCUT2D eigenvalue weighted by molar-refractivity contribution is 5.85. The predicted octanol–water partition coefficient (Wildman–Crippen LogP) is 3.50. The molecule has 0 saturated carbocycles. The number of hydrogen-bond donors (Lipinski definition) is 2. The number of aromatic amines is 1. The lowest BCUT2D eigenvalue weighted by atomic mass is 9.90. The Morgan fingerprint density at radius 1 is 1.17 bits per heavy atom. The van der Waals surface area contributed by atoms with Crippen LogP contribution in [-0.4, -0.2) is 12.0 Å². The molecular weight excluding hydrogens is 220 g/mol. The van der Waals surface area contributed by atoms with E-state index in [-0.39, 0.29) is 5.54 Å². The molecule has 0 saturated heterocycles. The molecule has 0 bridgehead atoms. The van der Waals surface area contributed by atoms with Crippen LogP contribution in [0, 0.1) is 0 Å². The Morgan fingerprint density at radius 2 is 1.94 bits per heavy atom. The van der Waals surface area contributed by atoms with Gasteiger partial charge in [-0.25, -0.2) is 0 Å². The highest BCUT2D eigenvalue weighted by atomic mass is 14.9. The molecule has 0 fully saturated rings. The van der Waals surface area contributed by atoms with Crippen LogP contribution in [0.4, 0.5) is 0 Å². The molecule has 2 nitrogen and oxygen atoms in total. The van der Waals surface area contributed by atoms with Crippen LogP contribution < -0.4 is 5.32 Å². The zero-order valence-corrected chi connectivity index (χ0v) is 11.6. The molecule has 1 aliphatic carbocycles. The number of rotatable bonds is 2.